The van der Waals surface area contributed by atoms with Crippen molar-refractivity contribution in [2.45, 2.75) is 284 Å². The number of carbonyl (C=O) groups excluding carboxylic acids is 3. The third-order valence-corrected chi connectivity index (χ3v) is 11.1. The van der Waals surface area contributed by atoms with E-state index in [1.807, 2.05) is 0 Å². The van der Waals surface area contributed by atoms with E-state index in [1.165, 1.54) is 180 Å². The van der Waals surface area contributed by atoms with Gasteiger partial charge in [-0.2, -0.15) is 0 Å². The van der Waals surface area contributed by atoms with Crippen molar-refractivity contribution >= 4 is 17.9 Å². The Balaban J connectivity index is 4.11. The molecule has 0 bridgehead atoms. The number of ether oxygens (including phenoxy) is 3. The first-order chi connectivity index (χ1) is 27.0. The van der Waals surface area contributed by atoms with Gasteiger partial charge in [-0.3, -0.25) is 14.4 Å². The summed E-state index contributed by atoms with van der Waals surface area (Å²) < 4.78 is 16.7. The Labute approximate surface area is 342 Å². The van der Waals surface area contributed by atoms with Crippen LogP contribution in [0.15, 0.2) is 0 Å². The zero-order valence-corrected chi connectivity index (χ0v) is 37.2. The summed E-state index contributed by atoms with van der Waals surface area (Å²) in [4.78, 5) is 37.6. The summed E-state index contributed by atoms with van der Waals surface area (Å²) in [6.07, 6.45) is 46.8. The Kier molecular flexibility index (Phi) is 43.8. The first-order valence-electron chi connectivity index (χ1n) is 24.5. The van der Waals surface area contributed by atoms with E-state index in [1.54, 1.807) is 0 Å². The van der Waals surface area contributed by atoms with Crippen LogP contribution < -0.4 is 0 Å². The number of esters is 3. The molecule has 326 valence electrons. The smallest absolute Gasteiger partial charge is 0.306 e. The summed E-state index contributed by atoms with van der Waals surface area (Å²) in [5, 5.41) is 0. The minimum atomic E-state index is -0.757. The van der Waals surface area contributed by atoms with Gasteiger partial charge in [-0.05, 0) is 19.3 Å². The van der Waals surface area contributed by atoms with E-state index in [4.69, 9.17) is 14.2 Å². The van der Waals surface area contributed by atoms with Gasteiger partial charge in [0.1, 0.15) is 13.2 Å². The van der Waals surface area contributed by atoms with Gasteiger partial charge in [0.2, 0.25) is 0 Å². The molecule has 0 fully saturated rings. The van der Waals surface area contributed by atoms with Crippen LogP contribution in [-0.2, 0) is 28.6 Å². The lowest BCUT2D eigenvalue weighted by Crippen LogP contribution is -2.30. The second-order valence-electron chi connectivity index (χ2n) is 16.7. The van der Waals surface area contributed by atoms with Crippen molar-refractivity contribution in [3.63, 3.8) is 0 Å². The van der Waals surface area contributed by atoms with Gasteiger partial charge in [-0.1, -0.05) is 239 Å². The second kappa shape index (κ2) is 45.1. The van der Waals surface area contributed by atoms with Crippen LogP contribution in [-0.4, -0.2) is 37.2 Å². The van der Waals surface area contributed by atoms with Crippen molar-refractivity contribution in [3.8, 4) is 0 Å². The van der Waals surface area contributed by atoms with Crippen molar-refractivity contribution in [1.82, 2.24) is 0 Å². The van der Waals surface area contributed by atoms with Crippen molar-refractivity contribution in [3.05, 3.63) is 0 Å². The Morgan fingerprint density at radius 3 is 0.727 bits per heavy atom. The fraction of sp³-hybridized carbons (Fsp3) is 0.939. The third kappa shape index (κ3) is 43.4. The molecule has 0 aliphatic rings. The zero-order chi connectivity index (χ0) is 40.1. The van der Waals surface area contributed by atoms with E-state index in [2.05, 4.69) is 20.8 Å². The molecule has 6 nitrogen and oxygen atoms in total. The minimum Gasteiger partial charge on any atom is -0.462 e. The normalized spacial score (nSPS) is 11.8. The molecule has 0 spiro atoms. The molecule has 0 saturated heterocycles. The molecule has 0 aromatic heterocycles. The summed E-state index contributed by atoms with van der Waals surface area (Å²) in [6, 6.07) is 0. The Morgan fingerprint density at radius 2 is 0.491 bits per heavy atom. The van der Waals surface area contributed by atoms with Gasteiger partial charge in [0.15, 0.2) is 6.10 Å². The summed E-state index contributed by atoms with van der Waals surface area (Å²) in [5.41, 5.74) is 0. The Bertz CT molecular complexity index is 813. The fourth-order valence-electron chi connectivity index (χ4n) is 7.38. The number of hydrogen-bond acceptors (Lipinski definition) is 6. The van der Waals surface area contributed by atoms with Gasteiger partial charge in [0.25, 0.3) is 0 Å². The van der Waals surface area contributed by atoms with Crippen LogP contribution in [0.4, 0.5) is 0 Å². The number of carbonyl (C=O) groups is 3. The number of rotatable bonds is 45. The molecule has 0 N–H and O–H groups in total. The molecular weight excluding hydrogens is 685 g/mol. The highest BCUT2D eigenvalue weighted by molar-refractivity contribution is 5.71. The van der Waals surface area contributed by atoms with Gasteiger partial charge in [-0.25, -0.2) is 0 Å². The van der Waals surface area contributed by atoms with E-state index >= 15 is 0 Å². The fourth-order valence-corrected chi connectivity index (χ4v) is 7.38. The van der Waals surface area contributed by atoms with Gasteiger partial charge in [0.05, 0.1) is 0 Å². The summed E-state index contributed by atoms with van der Waals surface area (Å²) in [6.45, 7) is 6.62. The lowest BCUT2D eigenvalue weighted by Gasteiger charge is -2.18. The molecule has 1 unspecified atom stereocenters. The van der Waals surface area contributed by atoms with Gasteiger partial charge in [0, 0.05) is 19.3 Å². The zero-order valence-electron chi connectivity index (χ0n) is 37.2. The number of hydrogen-bond donors (Lipinski definition) is 0. The van der Waals surface area contributed by atoms with E-state index in [0.717, 1.165) is 57.8 Å². The summed E-state index contributed by atoms with van der Waals surface area (Å²) in [7, 11) is 0. The molecule has 0 heterocycles. The van der Waals surface area contributed by atoms with E-state index < -0.39 is 6.10 Å². The van der Waals surface area contributed by atoms with Crippen molar-refractivity contribution in [2.24, 2.45) is 0 Å². The van der Waals surface area contributed by atoms with E-state index in [0.29, 0.717) is 19.3 Å². The molecule has 0 saturated carbocycles. The largest absolute Gasteiger partial charge is 0.462 e. The lowest BCUT2D eigenvalue weighted by atomic mass is 10.0. The van der Waals surface area contributed by atoms with Crippen molar-refractivity contribution in [1.29, 1.82) is 0 Å². The molecular formula is C49H94O6. The molecule has 0 aliphatic carbocycles. The number of unbranched alkanes of at least 4 members (excludes halogenated alkanes) is 34. The van der Waals surface area contributed by atoms with Gasteiger partial charge >= 0.3 is 17.9 Å². The highest BCUT2D eigenvalue weighted by Gasteiger charge is 2.19. The van der Waals surface area contributed by atoms with Crippen LogP contribution in [0.3, 0.4) is 0 Å². The molecule has 0 aromatic rings. The average molecular weight is 779 g/mol. The molecule has 0 aromatic carbocycles. The quantitative estimate of drug-likeness (QED) is 0.0348. The van der Waals surface area contributed by atoms with Gasteiger partial charge in [-0.15, -0.1) is 0 Å². The maximum absolute atomic E-state index is 12.7. The maximum atomic E-state index is 12.7. The van der Waals surface area contributed by atoms with Crippen LogP contribution in [0, 0.1) is 0 Å². The van der Waals surface area contributed by atoms with Crippen LogP contribution in [0.5, 0.6) is 0 Å². The van der Waals surface area contributed by atoms with Crippen LogP contribution in [0.1, 0.15) is 278 Å². The molecule has 1 atom stereocenters. The molecule has 0 aliphatic heterocycles. The second-order valence-corrected chi connectivity index (χ2v) is 16.7. The first kappa shape index (κ1) is 53.4. The van der Waals surface area contributed by atoms with E-state index in [-0.39, 0.29) is 31.1 Å². The highest BCUT2D eigenvalue weighted by atomic mass is 16.6. The van der Waals surface area contributed by atoms with Gasteiger partial charge < -0.3 is 14.2 Å². The predicted molar refractivity (Wildman–Crippen MR) is 233 cm³/mol. The molecule has 0 radical (unpaired) electrons. The van der Waals surface area contributed by atoms with Crippen LogP contribution >= 0.6 is 0 Å². The maximum Gasteiger partial charge on any atom is 0.306 e. The first-order valence-corrected chi connectivity index (χ1v) is 24.5. The average Bonchev–Trinajstić information content (AvgIpc) is 3.18. The molecule has 0 rings (SSSR count). The topological polar surface area (TPSA) is 78.9 Å². The monoisotopic (exact) mass is 779 g/mol. The minimum absolute atomic E-state index is 0.0630. The Morgan fingerprint density at radius 1 is 0.291 bits per heavy atom. The van der Waals surface area contributed by atoms with E-state index in [9.17, 15) is 14.4 Å². The third-order valence-electron chi connectivity index (χ3n) is 11.1. The van der Waals surface area contributed by atoms with Crippen LogP contribution in [0.25, 0.3) is 0 Å². The van der Waals surface area contributed by atoms with Crippen LogP contribution in [0.2, 0.25) is 0 Å². The molecule has 55 heavy (non-hydrogen) atoms. The lowest BCUT2D eigenvalue weighted by molar-refractivity contribution is -0.167. The van der Waals surface area contributed by atoms with Crippen molar-refractivity contribution < 1.29 is 28.6 Å². The Hall–Kier alpha value is -1.59. The highest BCUT2D eigenvalue weighted by Crippen LogP contribution is 2.16. The standard InChI is InChI=1S/C49H94O6/c1-4-7-10-13-16-18-20-21-22-23-24-25-26-27-28-29-31-33-36-39-42-48(51)54-45-46(44-53-47(50)41-38-35-32-15-12-9-6-3)55-49(52)43-40-37-34-30-19-17-14-11-8-5-2/h46H,4-45H2,1-3H3. The molecule has 6 heteroatoms. The SMILES string of the molecule is CCCCCCCCCCCCCCCCCCCCCCC(=O)OCC(COC(=O)CCCCCCCCC)OC(=O)CCCCCCCCCCCC. The van der Waals surface area contributed by atoms with Crippen molar-refractivity contribution in [2.75, 3.05) is 13.2 Å². The molecule has 0 amide bonds. The summed E-state index contributed by atoms with van der Waals surface area (Å²) in [5.74, 6) is -0.856. The predicted octanol–water partition coefficient (Wildman–Crippen LogP) is 15.6. The summed E-state index contributed by atoms with van der Waals surface area (Å²) >= 11 is 0.